The molecule has 0 radical (unpaired) electrons. The number of hydrogen-bond donors (Lipinski definition) is 1. The summed E-state index contributed by atoms with van der Waals surface area (Å²) in [5, 5.41) is 0. The molecule has 1 aromatic rings. The van der Waals surface area contributed by atoms with E-state index in [-0.39, 0.29) is 4.90 Å². The molecule has 5 nitrogen and oxygen atoms in total. The molecule has 0 bridgehead atoms. The summed E-state index contributed by atoms with van der Waals surface area (Å²) in [6, 6.07) is 5.31. The van der Waals surface area contributed by atoms with Crippen LogP contribution in [-0.4, -0.2) is 27.6 Å². The lowest BCUT2D eigenvalue weighted by Gasteiger charge is -2.00. The van der Waals surface area contributed by atoms with Crippen LogP contribution in [0, 0.1) is 0 Å². The van der Waals surface area contributed by atoms with E-state index < -0.39 is 25.7 Å². The molecule has 0 fully saturated rings. The van der Waals surface area contributed by atoms with Crippen LogP contribution in [0.3, 0.4) is 0 Å². The van der Waals surface area contributed by atoms with Crippen molar-refractivity contribution in [1.29, 1.82) is 0 Å². The first-order valence-electron chi connectivity index (χ1n) is 3.93. The van der Waals surface area contributed by atoms with Gasteiger partial charge in [0.2, 0.25) is 0 Å². The first kappa shape index (κ1) is 12.2. The number of benzene rings is 1. The standard InChI is InChI=1S/C8H10O5S2/c1-14(9,10)8-4-2-7(3-5-8)6-15(11,12)13/h2-5H,6H2,1H3,(H,11,12,13). The lowest BCUT2D eigenvalue weighted by molar-refractivity contribution is 0.482. The van der Waals surface area contributed by atoms with Crippen LogP contribution in [-0.2, 0) is 25.7 Å². The predicted octanol–water partition coefficient (Wildman–Crippen LogP) is 0.478. The van der Waals surface area contributed by atoms with Crippen molar-refractivity contribution in [1.82, 2.24) is 0 Å². The number of sulfone groups is 1. The van der Waals surface area contributed by atoms with Gasteiger partial charge in [0.1, 0.15) is 5.75 Å². The molecule has 0 aliphatic heterocycles. The van der Waals surface area contributed by atoms with Crippen molar-refractivity contribution < 1.29 is 21.4 Å². The van der Waals surface area contributed by atoms with Gasteiger partial charge in [0.25, 0.3) is 10.1 Å². The van der Waals surface area contributed by atoms with Gasteiger partial charge in [0.05, 0.1) is 4.90 Å². The quantitative estimate of drug-likeness (QED) is 0.788. The summed E-state index contributed by atoms with van der Waals surface area (Å²) in [6.07, 6.45) is 1.06. The summed E-state index contributed by atoms with van der Waals surface area (Å²) in [5.41, 5.74) is 0.338. The Kier molecular flexibility index (Phi) is 3.17. The molecule has 0 saturated heterocycles. The average molecular weight is 250 g/mol. The average Bonchev–Trinajstić information content (AvgIpc) is 2.00. The van der Waals surface area contributed by atoms with E-state index in [2.05, 4.69) is 0 Å². The van der Waals surface area contributed by atoms with Crippen LogP contribution < -0.4 is 0 Å². The van der Waals surface area contributed by atoms with Crippen molar-refractivity contribution in [3.63, 3.8) is 0 Å². The largest absolute Gasteiger partial charge is 0.285 e. The van der Waals surface area contributed by atoms with Crippen molar-refractivity contribution in [2.24, 2.45) is 0 Å². The molecule has 0 saturated carbocycles. The molecule has 0 atom stereocenters. The van der Waals surface area contributed by atoms with Crippen molar-refractivity contribution in [3.8, 4) is 0 Å². The Morgan fingerprint density at radius 3 is 1.87 bits per heavy atom. The molecule has 0 spiro atoms. The lowest BCUT2D eigenvalue weighted by atomic mass is 10.2. The second-order valence-corrected chi connectivity index (χ2v) is 6.61. The molecule has 0 aliphatic rings. The van der Waals surface area contributed by atoms with Crippen LogP contribution in [0.2, 0.25) is 0 Å². The van der Waals surface area contributed by atoms with Gasteiger partial charge in [-0.3, -0.25) is 4.55 Å². The van der Waals surface area contributed by atoms with Gasteiger partial charge in [0.15, 0.2) is 9.84 Å². The van der Waals surface area contributed by atoms with Gasteiger partial charge in [-0.15, -0.1) is 0 Å². The third kappa shape index (κ3) is 3.98. The molecule has 1 aromatic carbocycles. The van der Waals surface area contributed by atoms with Gasteiger partial charge in [-0.2, -0.15) is 8.42 Å². The summed E-state index contributed by atoms with van der Waals surface area (Å²) in [5.74, 6) is -0.517. The maximum atomic E-state index is 11.1. The zero-order chi connectivity index (χ0) is 11.7. The minimum atomic E-state index is -4.07. The SMILES string of the molecule is CS(=O)(=O)c1ccc(CS(=O)(=O)O)cc1. The smallest absolute Gasteiger partial charge is 0.269 e. The molecule has 1 rings (SSSR count). The first-order valence-corrected chi connectivity index (χ1v) is 7.43. The molecule has 7 heteroatoms. The highest BCUT2D eigenvalue weighted by atomic mass is 32.2. The predicted molar refractivity (Wildman–Crippen MR) is 54.8 cm³/mol. The van der Waals surface area contributed by atoms with Crippen molar-refractivity contribution in [2.75, 3.05) is 6.26 Å². The molecule has 0 amide bonds. The van der Waals surface area contributed by atoms with Gasteiger partial charge in [-0.25, -0.2) is 8.42 Å². The Bertz CT molecular complexity index is 539. The maximum Gasteiger partial charge on any atom is 0.269 e. The highest BCUT2D eigenvalue weighted by Crippen LogP contribution is 2.11. The summed E-state index contributed by atoms with van der Waals surface area (Å²) in [4.78, 5) is 0.113. The number of rotatable bonds is 3. The molecule has 0 unspecified atom stereocenters. The molecule has 0 heterocycles. The molecule has 0 aromatic heterocycles. The van der Waals surface area contributed by atoms with Crippen LogP contribution in [0.15, 0.2) is 29.2 Å². The second-order valence-electron chi connectivity index (χ2n) is 3.14. The summed E-state index contributed by atoms with van der Waals surface area (Å²) < 4.78 is 51.7. The van der Waals surface area contributed by atoms with E-state index in [1.807, 2.05) is 0 Å². The Hall–Kier alpha value is -0.920. The molecule has 0 aliphatic carbocycles. The van der Waals surface area contributed by atoms with Crippen molar-refractivity contribution >= 4 is 20.0 Å². The van der Waals surface area contributed by atoms with Gasteiger partial charge >= 0.3 is 0 Å². The van der Waals surface area contributed by atoms with Crippen LogP contribution in [0.25, 0.3) is 0 Å². The van der Waals surface area contributed by atoms with Gasteiger partial charge < -0.3 is 0 Å². The highest BCUT2D eigenvalue weighted by Gasteiger charge is 2.09. The zero-order valence-electron chi connectivity index (χ0n) is 7.91. The normalized spacial score (nSPS) is 12.7. The Morgan fingerprint density at radius 2 is 1.53 bits per heavy atom. The van der Waals surface area contributed by atoms with Crippen LogP contribution in [0.1, 0.15) is 5.56 Å². The summed E-state index contributed by atoms with van der Waals surface area (Å²) in [7, 11) is -7.35. The van der Waals surface area contributed by atoms with E-state index in [4.69, 9.17) is 4.55 Å². The minimum Gasteiger partial charge on any atom is -0.285 e. The van der Waals surface area contributed by atoms with Crippen LogP contribution >= 0.6 is 0 Å². The van der Waals surface area contributed by atoms with E-state index in [0.29, 0.717) is 5.56 Å². The van der Waals surface area contributed by atoms with E-state index in [9.17, 15) is 16.8 Å². The van der Waals surface area contributed by atoms with E-state index in [1.54, 1.807) is 0 Å². The van der Waals surface area contributed by atoms with E-state index in [0.717, 1.165) is 6.26 Å². The van der Waals surface area contributed by atoms with Crippen LogP contribution in [0.5, 0.6) is 0 Å². The Morgan fingerprint density at radius 1 is 1.07 bits per heavy atom. The third-order valence-corrected chi connectivity index (χ3v) is 3.53. The fraction of sp³-hybridized carbons (Fsp3) is 0.250. The zero-order valence-corrected chi connectivity index (χ0v) is 9.55. The Balaban J connectivity index is 3.02. The highest BCUT2D eigenvalue weighted by molar-refractivity contribution is 7.90. The Labute approximate surface area is 88.4 Å². The third-order valence-electron chi connectivity index (χ3n) is 1.70. The fourth-order valence-electron chi connectivity index (χ4n) is 1.04. The monoisotopic (exact) mass is 250 g/mol. The van der Waals surface area contributed by atoms with Gasteiger partial charge in [-0.05, 0) is 17.7 Å². The maximum absolute atomic E-state index is 11.1. The van der Waals surface area contributed by atoms with Gasteiger partial charge in [0, 0.05) is 6.26 Å². The molecular weight excluding hydrogens is 240 g/mol. The fourth-order valence-corrected chi connectivity index (χ4v) is 2.29. The lowest BCUT2D eigenvalue weighted by Crippen LogP contribution is -2.02. The molecular formula is C8H10O5S2. The van der Waals surface area contributed by atoms with Crippen LogP contribution in [0.4, 0.5) is 0 Å². The molecule has 1 N–H and O–H groups in total. The second kappa shape index (κ2) is 3.92. The van der Waals surface area contributed by atoms with Crippen molar-refractivity contribution in [2.45, 2.75) is 10.6 Å². The summed E-state index contributed by atoms with van der Waals surface area (Å²) >= 11 is 0. The topological polar surface area (TPSA) is 88.5 Å². The molecule has 84 valence electrons. The summed E-state index contributed by atoms with van der Waals surface area (Å²) in [6.45, 7) is 0. The van der Waals surface area contributed by atoms with Crippen molar-refractivity contribution in [3.05, 3.63) is 29.8 Å². The first-order chi connectivity index (χ1) is 6.68. The van der Waals surface area contributed by atoms with Gasteiger partial charge in [-0.1, -0.05) is 12.1 Å². The van der Waals surface area contributed by atoms with E-state index >= 15 is 0 Å². The molecule has 15 heavy (non-hydrogen) atoms. The number of hydrogen-bond acceptors (Lipinski definition) is 4. The van der Waals surface area contributed by atoms with E-state index in [1.165, 1.54) is 24.3 Å². The minimum absolute atomic E-state index is 0.113.